The Morgan fingerprint density at radius 3 is 2.38 bits per heavy atom. The third-order valence-electron chi connectivity index (χ3n) is 3.68. The van der Waals surface area contributed by atoms with Crippen LogP contribution in [0.3, 0.4) is 0 Å². The van der Waals surface area contributed by atoms with Gasteiger partial charge in [-0.1, -0.05) is 0 Å². The van der Waals surface area contributed by atoms with Crippen molar-refractivity contribution in [2.45, 2.75) is 25.0 Å². The number of carbonyl (C=O) groups is 3. The minimum absolute atomic E-state index is 0.0313. The van der Waals surface area contributed by atoms with Gasteiger partial charge in [0.2, 0.25) is 5.91 Å². The molecule has 8 heteroatoms. The van der Waals surface area contributed by atoms with Crippen LogP contribution in [0.2, 0.25) is 0 Å². The first kappa shape index (κ1) is 15.7. The van der Waals surface area contributed by atoms with Crippen molar-refractivity contribution in [3.63, 3.8) is 0 Å². The zero-order valence-electron chi connectivity index (χ0n) is 12.0. The molecule has 118 valence electrons. The van der Waals surface area contributed by atoms with E-state index in [0.29, 0.717) is 39.1 Å². The molecule has 2 saturated heterocycles. The number of carboxylic acid groups (broad SMARTS) is 1. The van der Waals surface area contributed by atoms with Crippen LogP contribution in [0.4, 0.5) is 0 Å². The number of carboxylic acids is 1. The fourth-order valence-corrected chi connectivity index (χ4v) is 2.44. The lowest BCUT2D eigenvalue weighted by Crippen LogP contribution is -2.47. The summed E-state index contributed by atoms with van der Waals surface area (Å²) >= 11 is 0. The molecule has 2 atom stereocenters. The van der Waals surface area contributed by atoms with Crippen LogP contribution in [0.5, 0.6) is 0 Å². The Labute approximate surface area is 122 Å². The zero-order chi connectivity index (χ0) is 15.4. The number of hydrogen-bond donors (Lipinski definition) is 1. The zero-order valence-corrected chi connectivity index (χ0v) is 12.0. The van der Waals surface area contributed by atoms with Crippen molar-refractivity contribution >= 4 is 17.8 Å². The van der Waals surface area contributed by atoms with Crippen molar-refractivity contribution in [2.75, 3.05) is 39.9 Å². The van der Waals surface area contributed by atoms with E-state index in [0.717, 1.165) is 0 Å². The lowest BCUT2D eigenvalue weighted by Gasteiger charge is -2.29. The summed E-state index contributed by atoms with van der Waals surface area (Å²) in [6, 6.07) is 0. The largest absolute Gasteiger partial charge is 0.479 e. The molecule has 1 N–H and O–H groups in total. The van der Waals surface area contributed by atoms with E-state index in [1.54, 1.807) is 4.90 Å². The molecule has 0 aromatic heterocycles. The summed E-state index contributed by atoms with van der Waals surface area (Å²) in [7, 11) is 1.53. The number of nitrogens with zero attached hydrogens (tertiary/aromatic N) is 2. The van der Waals surface area contributed by atoms with Crippen LogP contribution >= 0.6 is 0 Å². The second-order valence-electron chi connectivity index (χ2n) is 5.22. The van der Waals surface area contributed by atoms with Crippen LogP contribution < -0.4 is 0 Å². The Balaban J connectivity index is 1.82. The van der Waals surface area contributed by atoms with E-state index in [9.17, 15) is 14.4 Å². The van der Waals surface area contributed by atoms with Gasteiger partial charge >= 0.3 is 5.97 Å². The van der Waals surface area contributed by atoms with Crippen LogP contribution in [0, 0.1) is 0 Å². The molecule has 0 aromatic rings. The van der Waals surface area contributed by atoms with Crippen LogP contribution in [0.15, 0.2) is 0 Å². The minimum Gasteiger partial charge on any atom is -0.479 e. The van der Waals surface area contributed by atoms with E-state index in [1.165, 1.54) is 11.9 Å². The third-order valence-corrected chi connectivity index (χ3v) is 3.68. The maximum atomic E-state index is 12.1. The number of amides is 2. The quantitative estimate of drug-likeness (QED) is 0.710. The van der Waals surface area contributed by atoms with Gasteiger partial charge in [-0.2, -0.15) is 0 Å². The second kappa shape index (κ2) is 6.86. The van der Waals surface area contributed by atoms with Gasteiger partial charge < -0.3 is 24.4 Å². The lowest BCUT2D eigenvalue weighted by atomic mass is 10.2. The smallest absolute Gasteiger partial charge is 0.332 e. The van der Waals surface area contributed by atoms with E-state index in [1.807, 2.05) is 0 Å². The molecule has 2 aliphatic rings. The number of rotatable bonds is 4. The second-order valence-corrected chi connectivity index (χ2v) is 5.22. The first-order valence-corrected chi connectivity index (χ1v) is 6.98. The van der Waals surface area contributed by atoms with Crippen LogP contribution in [0.1, 0.15) is 12.8 Å². The molecule has 8 nitrogen and oxygen atoms in total. The van der Waals surface area contributed by atoms with Gasteiger partial charge in [0.15, 0.2) is 6.10 Å². The predicted octanol–water partition coefficient (Wildman–Crippen LogP) is -1.06. The summed E-state index contributed by atoms with van der Waals surface area (Å²) in [6.07, 6.45) is -1.01. The number of likely N-dealkylation sites (N-methyl/N-ethyl adjacent to an activating group) is 1. The summed E-state index contributed by atoms with van der Waals surface area (Å²) in [4.78, 5) is 37.9. The highest BCUT2D eigenvalue weighted by Gasteiger charge is 2.36. The summed E-state index contributed by atoms with van der Waals surface area (Å²) < 4.78 is 10.4. The highest BCUT2D eigenvalue weighted by atomic mass is 16.5. The van der Waals surface area contributed by atoms with E-state index < -0.39 is 18.2 Å². The average Bonchev–Trinajstić information content (AvgIpc) is 2.97. The number of aliphatic carboxylic acids is 1. The molecule has 0 aliphatic carbocycles. The van der Waals surface area contributed by atoms with Crippen molar-refractivity contribution in [2.24, 2.45) is 0 Å². The molecule has 0 spiro atoms. The Kier molecular flexibility index (Phi) is 5.13. The SMILES string of the molecule is CN(CC(=O)N1CCOCC1)C(=O)[C@@H]1CC[C@H](C(=O)O)O1. The van der Waals surface area contributed by atoms with Gasteiger partial charge in [0.1, 0.15) is 6.10 Å². The predicted molar refractivity (Wildman–Crippen MR) is 70.6 cm³/mol. The Morgan fingerprint density at radius 2 is 1.81 bits per heavy atom. The number of carbonyl (C=O) groups excluding carboxylic acids is 2. The van der Waals surface area contributed by atoms with Gasteiger partial charge in [0.25, 0.3) is 5.91 Å². The highest BCUT2D eigenvalue weighted by Crippen LogP contribution is 2.21. The molecule has 0 aromatic carbocycles. The minimum atomic E-state index is -1.06. The monoisotopic (exact) mass is 300 g/mol. The highest BCUT2D eigenvalue weighted by molar-refractivity contribution is 5.87. The van der Waals surface area contributed by atoms with E-state index in [4.69, 9.17) is 14.6 Å². The Bertz CT molecular complexity index is 421. The summed E-state index contributed by atoms with van der Waals surface area (Å²) in [5.74, 6) is -1.54. The molecular formula is C13H20N2O6. The van der Waals surface area contributed by atoms with Crippen molar-refractivity contribution in [1.82, 2.24) is 9.80 Å². The van der Waals surface area contributed by atoms with E-state index in [2.05, 4.69) is 0 Å². The van der Waals surface area contributed by atoms with Gasteiger partial charge in [-0.3, -0.25) is 9.59 Å². The summed E-state index contributed by atoms with van der Waals surface area (Å²) in [5.41, 5.74) is 0. The van der Waals surface area contributed by atoms with Gasteiger partial charge in [-0.25, -0.2) is 4.79 Å². The maximum absolute atomic E-state index is 12.1. The van der Waals surface area contributed by atoms with Crippen molar-refractivity contribution < 1.29 is 29.0 Å². The summed E-state index contributed by atoms with van der Waals surface area (Å²) in [5, 5.41) is 8.84. The third kappa shape index (κ3) is 3.92. The van der Waals surface area contributed by atoms with Crippen LogP contribution in [-0.4, -0.2) is 84.8 Å². The molecule has 2 fully saturated rings. The molecule has 0 radical (unpaired) electrons. The van der Waals surface area contributed by atoms with Crippen molar-refractivity contribution in [3.8, 4) is 0 Å². The lowest BCUT2D eigenvalue weighted by molar-refractivity contribution is -0.156. The molecule has 2 aliphatic heterocycles. The molecule has 2 amide bonds. The fourth-order valence-electron chi connectivity index (χ4n) is 2.44. The topological polar surface area (TPSA) is 96.4 Å². The standard InChI is InChI=1S/C13H20N2O6/c1-14(8-11(16)15-4-6-20-7-5-15)12(17)9-2-3-10(21-9)13(18)19/h9-10H,2-8H2,1H3,(H,18,19)/t9-,10+/m0/s1. The van der Waals surface area contributed by atoms with Gasteiger partial charge in [0.05, 0.1) is 19.8 Å². The normalized spacial score (nSPS) is 25.7. The molecule has 0 unspecified atom stereocenters. The van der Waals surface area contributed by atoms with Gasteiger partial charge in [-0.05, 0) is 12.8 Å². The molecule has 0 saturated carbocycles. The average molecular weight is 300 g/mol. The Morgan fingerprint density at radius 1 is 1.19 bits per heavy atom. The first-order chi connectivity index (χ1) is 9.99. The molecule has 0 bridgehead atoms. The first-order valence-electron chi connectivity index (χ1n) is 6.98. The molecule has 21 heavy (non-hydrogen) atoms. The van der Waals surface area contributed by atoms with E-state index >= 15 is 0 Å². The van der Waals surface area contributed by atoms with Crippen molar-refractivity contribution in [3.05, 3.63) is 0 Å². The molecule has 2 heterocycles. The molecular weight excluding hydrogens is 280 g/mol. The van der Waals surface area contributed by atoms with Gasteiger partial charge in [0, 0.05) is 20.1 Å². The van der Waals surface area contributed by atoms with E-state index in [-0.39, 0.29) is 18.4 Å². The molecule has 2 rings (SSSR count). The number of ether oxygens (including phenoxy) is 2. The van der Waals surface area contributed by atoms with Crippen LogP contribution in [0.25, 0.3) is 0 Å². The fraction of sp³-hybridized carbons (Fsp3) is 0.769. The van der Waals surface area contributed by atoms with Gasteiger partial charge in [-0.15, -0.1) is 0 Å². The van der Waals surface area contributed by atoms with Crippen LogP contribution in [-0.2, 0) is 23.9 Å². The van der Waals surface area contributed by atoms with Crippen molar-refractivity contribution in [1.29, 1.82) is 0 Å². The number of morpholine rings is 1. The number of hydrogen-bond acceptors (Lipinski definition) is 5. The Hall–Kier alpha value is -1.67. The summed E-state index contributed by atoms with van der Waals surface area (Å²) in [6.45, 7) is 2.05. The maximum Gasteiger partial charge on any atom is 0.332 e.